The van der Waals surface area contributed by atoms with Gasteiger partial charge in [-0.3, -0.25) is 0 Å². The third-order valence-corrected chi connectivity index (χ3v) is 2.41. The van der Waals surface area contributed by atoms with Crippen LogP contribution in [0.15, 0.2) is 30.5 Å². The summed E-state index contributed by atoms with van der Waals surface area (Å²) in [6, 6.07) is 8.22. The summed E-state index contributed by atoms with van der Waals surface area (Å²) in [5, 5.41) is 1.23. The fraction of sp³-hybridized carbons (Fsp3) is 0.231. The van der Waals surface area contributed by atoms with E-state index in [0.29, 0.717) is 0 Å². The number of aryl methyl sites for hydroxylation is 1. The van der Waals surface area contributed by atoms with Crippen LogP contribution >= 0.6 is 0 Å². The Morgan fingerprint density at radius 1 is 1.36 bits per heavy atom. The van der Waals surface area contributed by atoms with E-state index in [9.17, 15) is 0 Å². The zero-order valence-corrected chi connectivity index (χ0v) is 8.33. The Morgan fingerprint density at radius 3 is 2.93 bits per heavy atom. The van der Waals surface area contributed by atoms with Gasteiger partial charge in [0.25, 0.3) is 0 Å². The lowest BCUT2D eigenvalue weighted by atomic mass is 10.1. The Kier molecular flexibility index (Phi) is 2.28. The van der Waals surface area contributed by atoms with Crippen LogP contribution in [0.2, 0.25) is 0 Å². The van der Waals surface area contributed by atoms with Gasteiger partial charge in [0.2, 0.25) is 0 Å². The normalized spacial score (nSPS) is 10.3. The van der Waals surface area contributed by atoms with E-state index in [1.165, 1.54) is 10.9 Å². The van der Waals surface area contributed by atoms with Crippen molar-refractivity contribution >= 4 is 10.9 Å². The molecule has 1 aromatic heterocycles. The van der Waals surface area contributed by atoms with Crippen molar-refractivity contribution in [3.63, 3.8) is 0 Å². The van der Waals surface area contributed by atoms with E-state index in [-0.39, 0.29) is 0 Å². The summed E-state index contributed by atoms with van der Waals surface area (Å²) in [6.45, 7) is 3.20. The van der Waals surface area contributed by atoms with Crippen molar-refractivity contribution < 1.29 is 0 Å². The van der Waals surface area contributed by atoms with Gasteiger partial charge in [-0.1, -0.05) is 25.0 Å². The lowest BCUT2D eigenvalue weighted by Gasteiger charge is -2.04. The molecule has 0 aliphatic heterocycles. The van der Waals surface area contributed by atoms with E-state index in [1.54, 1.807) is 0 Å². The van der Waals surface area contributed by atoms with E-state index in [2.05, 4.69) is 35.7 Å². The van der Waals surface area contributed by atoms with Crippen LogP contribution in [0.1, 0.15) is 18.9 Å². The van der Waals surface area contributed by atoms with Crippen molar-refractivity contribution in [3.8, 4) is 12.3 Å². The van der Waals surface area contributed by atoms with Gasteiger partial charge in [0.1, 0.15) is 0 Å². The van der Waals surface area contributed by atoms with Gasteiger partial charge >= 0.3 is 0 Å². The molecule has 0 N–H and O–H groups in total. The quantitative estimate of drug-likeness (QED) is 0.631. The summed E-state index contributed by atoms with van der Waals surface area (Å²) < 4.78 is 2.23. The minimum Gasteiger partial charge on any atom is -0.346 e. The predicted molar refractivity (Wildman–Crippen MR) is 60.2 cm³/mol. The van der Waals surface area contributed by atoms with Crippen molar-refractivity contribution in [2.24, 2.45) is 0 Å². The number of hydrogen-bond donors (Lipinski definition) is 0. The highest BCUT2D eigenvalue weighted by Gasteiger charge is 2.03. The van der Waals surface area contributed by atoms with Crippen LogP contribution in [-0.2, 0) is 6.54 Å². The molecule has 0 saturated carbocycles. The van der Waals surface area contributed by atoms with E-state index in [4.69, 9.17) is 6.42 Å². The van der Waals surface area contributed by atoms with Gasteiger partial charge in [-0.15, -0.1) is 6.42 Å². The zero-order chi connectivity index (χ0) is 9.97. The summed E-state index contributed by atoms with van der Waals surface area (Å²) >= 11 is 0. The average molecular weight is 183 g/mol. The van der Waals surface area contributed by atoms with Gasteiger partial charge in [-0.05, 0) is 18.6 Å². The van der Waals surface area contributed by atoms with E-state index < -0.39 is 0 Å². The van der Waals surface area contributed by atoms with E-state index in [0.717, 1.165) is 18.5 Å². The Bertz CT molecular complexity index is 485. The van der Waals surface area contributed by atoms with Gasteiger partial charge < -0.3 is 4.57 Å². The average Bonchev–Trinajstić information content (AvgIpc) is 2.62. The van der Waals surface area contributed by atoms with Crippen molar-refractivity contribution in [2.45, 2.75) is 19.9 Å². The smallest absolute Gasteiger partial charge is 0.0639 e. The van der Waals surface area contributed by atoms with Crippen LogP contribution in [0.4, 0.5) is 0 Å². The largest absolute Gasteiger partial charge is 0.346 e. The molecule has 1 aromatic carbocycles. The first-order valence-electron chi connectivity index (χ1n) is 4.91. The van der Waals surface area contributed by atoms with Crippen molar-refractivity contribution in [1.29, 1.82) is 0 Å². The molecular weight excluding hydrogens is 170 g/mol. The number of nitrogens with zero attached hydrogens (tertiary/aromatic N) is 1. The third kappa shape index (κ3) is 1.29. The van der Waals surface area contributed by atoms with Crippen LogP contribution in [0.25, 0.3) is 10.9 Å². The zero-order valence-electron chi connectivity index (χ0n) is 8.33. The van der Waals surface area contributed by atoms with Gasteiger partial charge in [0, 0.05) is 23.7 Å². The number of para-hydroxylation sites is 1. The maximum atomic E-state index is 5.48. The molecule has 0 amide bonds. The summed E-state index contributed by atoms with van der Waals surface area (Å²) in [5.41, 5.74) is 2.18. The van der Waals surface area contributed by atoms with Gasteiger partial charge in [-0.2, -0.15) is 0 Å². The molecule has 0 saturated heterocycles. The number of aromatic nitrogens is 1. The van der Waals surface area contributed by atoms with Gasteiger partial charge in [-0.25, -0.2) is 0 Å². The van der Waals surface area contributed by atoms with Gasteiger partial charge in [0.15, 0.2) is 0 Å². The molecule has 1 nitrogen and oxygen atoms in total. The Hall–Kier alpha value is -1.68. The maximum Gasteiger partial charge on any atom is 0.0639 e. The topological polar surface area (TPSA) is 4.93 Å². The van der Waals surface area contributed by atoms with Crippen LogP contribution in [0.3, 0.4) is 0 Å². The number of fused-ring (bicyclic) bond motifs is 1. The second-order valence-corrected chi connectivity index (χ2v) is 3.40. The first-order valence-corrected chi connectivity index (χ1v) is 4.91. The lowest BCUT2D eigenvalue weighted by molar-refractivity contribution is 0.703. The van der Waals surface area contributed by atoms with Crippen LogP contribution in [0, 0.1) is 12.3 Å². The second kappa shape index (κ2) is 3.59. The first-order chi connectivity index (χ1) is 6.86. The molecule has 0 unspecified atom stereocenters. The molecule has 0 bridgehead atoms. The van der Waals surface area contributed by atoms with Crippen molar-refractivity contribution in [2.75, 3.05) is 0 Å². The number of benzene rings is 1. The third-order valence-electron chi connectivity index (χ3n) is 2.41. The molecule has 0 fully saturated rings. The highest BCUT2D eigenvalue weighted by Crippen LogP contribution is 2.19. The monoisotopic (exact) mass is 183 g/mol. The molecule has 1 heteroatoms. The SMILES string of the molecule is C#Cc1cccc2ccn(CCC)c12. The molecule has 14 heavy (non-hydrogen) atoms. The first kappa shape index (κ1) is 8.90. The molecule has 1 heterocycles. The number of terminal acetylenes is 1. The minimum absolute atomic E-state index is 0.987. The molecule has 0 aliphatic carbocycles. The highest BCUT2D eigenvalue weighted by molar-refractivity contribution is 5.85. The summed E-state index contributed by atoms with van der Waals surface area (Å²) in [5.74, 6) is 2.73. The van der Waals surface area contributed by atoms with Gasteiger partial charge in [0.05, 0.1) is 5.52 Å². The molecular formula is C13H13N. The second-order valence-electron chi connectivity index (χ2n) is 3.40. The molecule has 0 spiro atoms. The minimum atomic E-state index is 0.987. The van der Waals surface area contributed by atoms with Crippen molar-refractivity contribution in [3.05, 3.63) is 36.0 Å². The van der Waals surface area contributed by atoms with E-state index in [1.807, 2.05) is 12.1 Å². The fourth-order valence-corrected chi connectivity index (χ4v) is 1.80. The molecule has 0 atom stereocenters. The van der Waals surface area contributed by atoms with Crippen LogP contribution in [-0.4, -0.2) is 4.57 Å². The van der Waals surface area contributed by atoms with Crippen LogP contribution in [0.5, 0.6) is 0 Å². The van der Waals surface area contributed by atoms with Crippen molar-refractivity contribution in [1.82, 2.24) is 4.57 Å². The highest BCUT2D eigenvalue weighted by atomic mass is 14.9. The summed E-state index contributed by atoms with van der Waals surface area (Å²) in [4.78, 5) is 0. The maximum absolute atomic E-state index is 5.48. The number of rotatable bonds is 2. The lowest BCUT2D eigenvalue weighted by Crippen LogP contribution is -1.95. The molecule has 2 rings (SSSR count). The molecule has 70 valence electrons. The fourth-order valence-electron chi connectivity index (χ4n) is 1.80. The molecule has 0 aliphatic rings. The Morgan fingerprint density at radius 2 is 2.21 bits per heavy atom. The predicted octanol–water partition coefficient (Wildman–Crippen LogP) is 3.03. The molecule has 2 aromatic rings. The molecule has 0 radical (unpaired) electrons. The Balaban J connectivity index is 2.69. The van der Waals surface area contributed by atoms with E-state index >= 15 is 0 Å². The van der Waals surface area contributed by atoms with Crippen LogP contribution < -0.4 is 0 Å². The summed E-state index contributed by atoms with van der Waals surface area (Å²) in [7, 11) is 0. The summed E-state index contributed by atoms with van der Waals surface area (Å²) in [6.07, 6.45) is 8.71. The standard InChI is InChI=1S/C13H13N/c1-3-9-14-10-8-12-7-5-6-11(4-2)13(12)14/h2,5-8,10H,3,9H2,1H3. The number of hydrogen-bond acceptors (Lipinski definition) is 0. The Labute approximate surface area is 84.4 Å².